The summed E-state index contributed by atoms with van der Waals surface area (Å²) in [5.41, 5.74) is 0.542. The molecule has 0 fully saturated rings. The third-order valence-electron chi connectivity index (χ3n) is 1.47. The Morgan fingerprint density at radius 1 is 1.07 bits per heavy atom. The summed E-state index contributed by atoms with van der Waals surface area (Å²) in [5.74, 6) is 0. The van der Waals surface area contributed by atoms with E-state index < -0.39 is 0 Å². The molecule has 0 heterocycles. The van der Waals surface area contributed by atoms with Crippen LogP contribution in [-0.4, -0.2) is 13.2 Å². The summed E-state index contributed by atoms with van der Waals surface area (Å²) in [6.07, 6.45) is 3.02. The first kappa shape index (κ1) is 19.3. The van der Waals surface area contributed by atoms with Crippen LogP contribution in [0.5, 0.6) is 0 Å². The minimum atomic E-state index is 0.542. The highest BCUT2D eigenvalue weighted by molar-refractivity contribution is 4.55. The predicted octanol–water partition coefficient (Wildman–Crippen LogP) is 4.68. The normalized spacial score (nSPS) is 9.07. The predicted molar refractivity (Wildman–Crippen MR) is 67.8 cm³/mol. The maximum Gasteiger partial charge on any atom is 0.0437 e. The monoisotopic (exact) mass is 202 g/mol. The zero-order valence-corrected chi connectivity index (χ0v) is 11.3. The molecule has 0 rings (SSSR count). The third kappa shape index (κ3) is 60.6. The van der Waals surface area contributed by atoms with Crippen LogP contribution >= 0.6 is 0 Å². The van der Waals surface area contributed by atoms with Crippen LogP contribution in [0.25, 0.3) is 0 Å². The van der Waals surface area contributed by atoms with Crippen molar-refractivity contribution in [2.75, 3.05) is 13.2 Å². The second-order valence-electron chi connectivity index (χ2n) is 4.10. The summed E-state index contributed by atoms with van der Waals surface area (Å²) < 4.78 is 4.83. The molecule has 14 heavy (non-hydrogen) atoms. The van der Waals surface area contributed by atoms with Gasteiger partial charge in [-0.25, -0.2) is 0 Å². The zero-order valence-electron chi connectivity index (χ0n) is 11.3. The summed E-state index contributed by atoms with van der Waals surface area (Å²) in [7, 11) is 0. The van der Waals surface area contributed by atoms with E-state index in [2.05, 4.69) is 34.3 Å². The maximum absolute atomic E-state index is 4.83. The minimum Gasteiger partial charge on any atom is -0.382 e. The van der Waals surface area contributed by atoms with Gasteiger partial charge in [0.05, 0.1) is 0 Å². The van der Waals surface area contributed by atoms with E-state index in [9.17, 15) is 0 Å². The Kier molecular flexibility index (Phi) is 20.9. The van der Waals surface area contributed by atoms with Crippen LogP contribution in [0.2, 0.25) is 0 Å². The molecule has 0 bridgehead atoms. The lowest BCUT2D eigenvalue weighted by Gasteiger charge is -2.12. The quantitative estimate of drug-likeness (QED) is 0.591. The molecule has 0 radical (unpaired) electrons. The van der Waals surface area contributed by atoms with Gasteiger partial charge in [0.25, 0.3) is 0 Å². The van der Waals surface area contributed by atoms with Crippen molar-refractivity contribution in [2.45, 2.75) is 54.9 Å². The fourth-order valence-corrected chi connectivity index (χ4v) is 0.204. The third-order valence-corrected chi connectivity index (χ3v) is 1.47. The van der Waals surface area contributed by atoms with Crippen LogP contribution in [0.3, 0.4) is 0 Å². The van der Waals surface area contributed by atoms with E-state index in [1.165, 1.54) is 6.42 Å². The van der Waals surface area contributed by atoms with Crippen molar-refractivity contribution in [3.8, 4) is 0 Å². The lowest BCUT2D eigenvalue weighted by Crippen LogP contribution is -2.00. The fraction of sp³-hybridized carbons (Fsp3) is 0.846. The van der Waals surface area contributed by atoms with Gasteiger partial charge in [-0.3, -0.25) is 0 Å². The topological polar surface area (TPSA) is 9.23 Å². The van der Waals surface area contributed by atoms with Crippen LogP contribution in [-0.2, 0) is 4.74 Å². The van der Waals surface area contributed by atoms with Crippen LogP contribution < -0.4 is 0 Å². The number of hydrogen-bond donors (Lipinski definition) is 0. The molecule has 1 nitrogen and oxygen atoms in total. The molecule has 0 spiro atoms. The van der Waals surface area contributed by atoms with E-state index in [0.29, 0.717) is 5.41 Å². The molecule has 0 aliphatic carbocycles. The Morgan fingerprint density at radius 3 is 1.29 bits per heavy atom. The number of allylic oxidation sites excluding steroid dienone is 1. The molecule has 0 aliphatic rings. The first-order chi connectivity index (χ1) is 6.39. The fourth-order valence-electron chi connectivity index (χ4n) is 0.204. The highest BCUT2D eigenvalue weighted by atomic mass is 16.5. The molecule has 88 valence electrons. The first-order valence-corrected chi connectivity index (χ1v) is 5.54. The molecule has 0 aliphatic heterocycles. The molecule has 0 amide bonds. The van der Waals surface area contributed by atoms with E-state index in [1.54, 1.807) is 6.08 Å². The summed E-state index contributed by atoms with van der Waals surface area (Å²) in [4.78, 5) is 0. The van der Waals surface area contributed by atoms with Gasteiger partial charge >= 0.3 is 0 Å². The van der Waals surface area contributed by atoms with Crippen LogP contribution in [0, 0.1) is 5.41 Å². The Morgan fingerprint density at radius 2 is 1.29 bits per heavy atom. The average Bonchev–Trinajstić information content (AvgIpc) is 2.07. The molecule has 0 aromatic carbocycles. The molecule has 0 atom stereocenters. The SMILES string of the molecule is C=CC.CCC(C)(C)C.CCOCC. The van der Waals surface area contributed by atoms with E-state index in [1.807, 2.05) is 20.8 Å². The smallest absolute Gasteiger partial charge is 0.0437 e. The minimum absolute atomic E-state index is 0.542. The van der Waals surface area contributed by atoms with E-state index >= 15 is 0 Å². The molecular formula is C13H30O. The van der Waals surface area contributed by atoms with Gasteiger partial charge in [-0.2, -0.15) is 0 Å². The standard InChI is InChI=1S/C6H14.C4H10O.C3H6/c1-5-6(2,3)4;1-3-5-4-2;1-3-2/h5H2,1-4H3;3-4H2,1-2H3;3H,1H2,2H3. The van der Waals surface area contributed by atoms with Gasteiger partial charge in [0, 0.05) is 13.2 Å². The van der Waals surface area contributed by atoms with Gasteiger partial charge in [-0.05, 0) is 26.2 Å². The molecule has 0 unspecified atom stereocenters. The first-order valence-electron chi connectivity index (χ1n) is 5.54. The Hall–Kier alpha value is -0.300. The van der Waals surface area contributed by atoms with Crippen molar-refractivity contribution >= 4 is 0 Å². The molecule has 0 N–H and O–H groups in total. The molecular weight excluding hydrogens is 172 g/mol. The highest BCUT2D eigenvalue weighted by Gasteiger charge is 2.03. The summed E-state index contributed by atoms with van der Waals surface area (Å²) in [6.45, 7) is 19.9. The Balaban J connectivity index is -0.000000138. The molecule has 0 saturated carbocycles. The lowest BCUT2D eigenvalue weighted by atomic mass is 9.94. The van der Waals surface area contributed by atoms with Gasteiger partial charge in [0.2, 0.25) is 0 Å². The van der Waals surface area contributed by atoms with Gasteiger partial charge < -0.3 is 4.74 Å². The highest BCUT2D eigenvalue weighted by Crippen LogP contribution is 2.16. The molecule has 1 heteroatoms. The Bertz CT molecular complexity index is 87.9. The summed E-state index contributed by atoms with van der Waals surface area (Å²) in [6, 6.07) is 0. The van der Waals surface area contributed by atoms with Crippen molar-refractivity contribution in [3.05, 3.63) is 12.7 Å². The number of rotatable bonds is 2. The van der Waals surface area contributed by atoms with Crippen LogP contribution in [0.1, 0.15) is 54.9 Å². The summed E-state index contributed by atoms with van der Waals surface area (Å²) in [5, 5.41) is 0. The number of ether oxygens (including phenoxy) is 1. The van der Waals surface area contributed by atoms with Crippen molar-refractivity contribution in [1.82, 2.24) is 0 Å². The second kappa shape index (κ2) is 15.2. The van der Waals surface area contributed by atoms with E-state index in [-0.39, 0.29) is 0 Å². The van der Waals surface area contributed by atoms with Crippen molar-refractivity contribution in [1.29, 1.82) is 0 Å². The average molecular weight is 202 g/mol. The Labute approximate surface area is 91.6 Å². The van der Waals surface area contributed by atoms with Gasteiger partial charge in [-0.15, -0.1) is 6.58 Å². The molecule has 0 aromatic heterocycles. The number of hydrogen-bond acceptors (Lipinski definition) is 1. The zero-order chi connectivity index (χ0) is 12.0. The largest absolute Gasteiger partial charge is 0.382 e. The van der Waals surface area contributed by atoms with Crippen molar-refractivity contribution in [3.63, 3.8) is 0 Å². The molecule has 0 saturated heterocycles. The van der Waals surface area contributed by atoms with Gasteiger partial charge in [0.1, 0.15) is 0 Å². The van der Waals surface area contributed by atoms with E-state index in [4.69, 9.17) is 4.74 Å². The second-order valence-corrected chi connectivity index (χ2v) is 4.10. The lowest BCUT2D eigenvalue weighted by molar-refractivity contribution is 0.162. The maximum atomic E-state index is 4.83. The van der Waals surface area contributed by atoms with Gasteiger partial charge in [0.15, 0.2) is 0 Å². The molecule has 0 aromatic rings. The van der Waals surface area contributed by atoms with Crippen molar-refractivity contribution < 1.29 is 4.74 Å². The van der Waals surface area contributed by atoms with E-state index in [0.717, 1.165) is 13.2 Å². The summed E-state index contributed by atoms with van der Waals surface area (Å²) >= 11 is 0. The van der Waals surface area contributed by atoms with Crippen LogP contribution in [0.15, 0.2) is 12.7 Å². The van der Waals surface area contributed by atoms with Gasteiger partial charge in [-0.1, -0.05) is 40.2 Å². The van der Waals surface area contributed by atoms with Crippen LogP contribution in [0.4, 0.5) is 0 Å². The van der Waals surface area contributed by atoms with Crippen molar-refractivity contribution in [2.24, 2.45) is 5.41 Å².